The van der Waals surface area contributed by atoms with Crippen LogP contribution in [-0.4, -0.2) is 281 Å². The number of nitrogens with one attached hydrogen (secondary N) is 10. The van der Waals surface area contributed by atoms with Crippen LogP contribution in [-0.2, 0) is 81.1 Å². The maximum absolute atomic E-state index is 15.7. The maximum atomic E-state index is 15.7. The van der Waals surface area contributed by atoms with Gasteiger partial charge in [0.25, 0.3) is 5.91 Å². The quantitative estimate of drug-likeness (QED) is 0.0128. The van der Waals surface area contributed by atoms with Gasteiger partial charge in [0.15, 0.2) is 5.60 Å². The highest BCUT2D eigenvalue weighted by atomic mass is 16.5. The van der Waals surface area contributed by atoms with Gasteiger partial charge in [-0.3, -0.25) is 62.5 Å². The van der Waals surface area contributed by atoms with Gasteiger partial charge in [0.2, 0.25) is 53.2 Å². The fourth-order valence-corrected chi connectivity index (χ4v) is 19.3. The van der Waals surface area contributed by atoms with E-state index in [4.69, 9.17) is 20.9 Å². The first-order chi connectivity index (χ1) is 56.3. The van der Waals surface area contributed by atoms with Crippen molar-refractivity contribution in [3.63, 3.8) is 0 Å². The first kappa shape index (κ1) is 90.5. The monoisotopic (exact) mass is 1650 g/mol. The molecule has 17 atom stereocenters. The number of benzene rings is 3. The second kappa shape index (κ2) is 38.9. The largest absolute Gasteiger partial charge is 0.508 e. The number of fused-ring (bicyclic) bond motifs is 6. The van der Waals surface area contributed by atoms with Crippen LogP contribution >= 0.6 is 0 Å². The fourth-order valence-electron chi connectivity index (χ4n) is 19.3. The minimum absolute atomic E-state index is 0.0699. The van der Waals surface area contributed by atoms with Crippen molar-refractivity contribution in [3.05, 3.63) is 101 Å². The highest BCUT2D eigenvalue weighted by molar-refractivity contribution is 5.99. The number of aromatic nitrogens is 1. The Morgan fingerprint density at radius 1 is 0.669 bits per heavy atom. The molecular weight excluding hydrogens is 1530 g/mol. The summed E-state index contributed by atoms with van der Waals surface area (Å²) >= 11 is 0. The molecule has 3 fully saturated rings. The zero-order valence-corrected chi connectivity index (χ0v) is 68.3. The number of nitrogens with zero attached hydrogens (tertiary/aromatic N) is 3. The Morgan fingerprint density at radius 3 is 1.86 bits per heavy atom. The predicted octanol–water partition coefficient (Wildman–Crippen LogP) is -2.21. The number of hydrogen-bond donors (Lipinski definition) is 19. The Kier molecular flexibility index (Phi) is 29.8. The zero-order chi connectivity index (χ0) is 85.8. The number of esters is 1. The molecule has 21 N–H and O–H groups in total. The lowest BCUT2D eigenvalue weighted by Crippen LogP contribution is -2.81. The van der Waals surface area contributed by atoms with Gasteiger partial charge in [-0.15, -0.1) is 0 Å². The van der Waals surface area contributed by atoms with Gasteiger partial charge in [0.05, 0.1) is 45.7 Å². The van der Waals surface area contributed by atoms with E-state index in [-0.39, 0.29) is 56.9 Å². The Hall–Kier alpha value is -9.85. The number of methoxy groups -OCH3 is 2. The van der Waals surface area contributed by atoms with E-state index in [1.54, 1.807) is 14.2 Å². The zero-order valence-electron chi connectivity index (χ0n) is 68.3. The third kappa shape index (κ3) is 18.5. The van der Waals surface area contributed by atoms with Crippen molar-refractivity contribution in [2.75, 3.05) is 98.3 Å². The number of hydrogen-bond acceptors (Lipinski definition) is 24. The molecule has 35 nitrogen and oxygen atoms in total. The molecule has 2 bridgehead atoms. The van der Waals surface area contributed by atoms with Crippen LogP contribution < -0.4 is 69.0 Å². The molecular formula is C83H119N15O20. The molecule has 0 radical (unpaired) electrons. The number of amides is 10. The topological polar surface area (TPSA) is 534 Å². The van der Waals surface area contributed by atoms with Crippen molar-refractivity contribution in [1.82, 2.24) is 62.6 Å². The van der Waals surface area contributed by atoms with Gasteiger partial charge in [-0.2, -0.15) is 0 Å². The van der Waals surface area contributed by atoms with E-state index in [0.717, 1.165) is 22.0 Å². The van der Waals surface area contributed by atoms with Crippen molar-refractivity contribution in [2.45, 2.75) is 213 Å². The van der Waals surface area contributed by atoms with Gasteiger partial charge in [-0.1, -0.05) is 76.1 Å². The summed E-state index contributed by atoms with van der Waals surface area (Å²) in [5.74, 6) is -10.0. The molecule has 35 heteroatoms. The number of primary amides is 1. The van der Waals surface area contributed by atoms with E-state index >= 15 is 9.59 Å². The van der Waals surface area contributed by atoms with Gasteiger partial charge < -0.3 is 114 Å². The number of unbranched alkanes of at least 4 members (excludes halogenated alkanes) is 2. The number of likely N-dealkylation sites (N-methyl/N-ethyl adjacent to an activating group) is 1. The molecule has 1 saturated carbocycles. The average molecular weight is 1650 g/mol. The van der Waals surface area contributed by atoms with Crippen LogP contribution in [0.25, 0.3) is 10.9 Å². The number of carbonyl (C=O) groups excluding carboxylic acids is 11. The summed E-state index contributed by atoms with van der Waals surface area (Å²) in [6.07, 6.45) is 5.66. The lowest BCUT2D eigenvalue weighted by molar-refractivity contribution is -0.203. The molecule has 6 aliphatic rings. The lowest BCUT2D eigenvalue weighted by Gasteiger charge is -2.63. The van der Waals surface area contributed by atoms with Crippen LogP contribution in [0.2, 0.25) is 0 Å². The molecule has 1 aromatic heterocycles. The summed E-state index contributed by atoms with van der Waals surface area (Å²) < 4.78 is 12.5. The van der Waals surface area contributed by atoms with Gasteiger partial charge in [0, 0.05) is 117 Å². The van der Waals surface area contributed by atoms with E-state index in [1.165, 1.54) is 38.3 Å². The van der Waals surface area contributed by atoms with Crippen LogP contribution in [0.5, 0.6) is 11.5 Å². The summed E-state index contributed by atoms with van der Waals surface area (Å²) in [6, 6.07) is 4.68. The van der Waals surface area contributed by atoms with Crippen molar-refractivity contribution in [2.24, 2.45) is 22.8 Å². The number of para-hydroxylation sites is 1. The highest BCUT2D eigenvalue weighted by Gasteiger charge is 2.79. The second-order valence-corrected chi connectivity index (χ2v) is 32.5. The number of aliphatic hydroxyl groups is 6. The van der Waals surface area contributed by atoms with Gasteiger partial charge in [-0.25, -0.2) is 0 Å². The Bertz CT molecular complexity index is 4360. The molecule has 4 aromatic rings. The van der Waals surface area contributed by atoms with Crippen LogP contribution in [0, 0.1) is 11.3 Å². The molecule has 2 saturated heterocycles. The summed E-state index contributed by atoms with van der Waals surface area (Å²) in [5, 5.41) is 104. The third-order valence-electron chi connectivity index (χ3n) is 25.0. The molecule has 118 heavy (non-hydrogen) atoms. The van der Waals surface area contributed by atoms with Crippen LogP contribution in [0.15, 0.2) is 72.8 Å². The SMILES string of the molecule is CCCC[C@H](NC(=O)[C@H](CO)NC(=O)[C@H](CO)NC(=O)[C@H](CO)NC(=O)[C@H](CCC(N)=O)NC(=O)[C@H](Cc1ccc(O)cc1)NC(=O)[C@H](CCCCN)NC(C)=O)C(=O)NCCCNC(=O)[C@]1(O)C2N(C)c3cc(OC)c(C4(C(=O)OC)CC5CN(CCc6c4[nH]c4ccccc64)C[C@](O)(CC)C5)cc3C23CCN2CC=C[C@](CC)(C23)[C@H]1O. The number of H-pyrrole nitrogens is 1. The summed E-state index contributed by atoms with van der Waals surface area (Å²) in [7, 11) is 4.71. The van der Waals surface area contributed by atoms with E-state index in [1.807, 2.05) is 74.2 Å². The van der Waals surface area contributed by atoms with E-state index < -0.39 is 186 Å². The molecule has 646 valence electrons. The molecule has 10 amide bonds. The number of aliphatic hydroxyl groups excluding tert-OH is 4. The van der Waals surface area contributed by atoms with E-state index in [2.05, 4.69) is 62.6 Å². The maximum Gasteiger partial charge on any atom is 0.322 e. The van der Waals surface area contributed by atoms with Gasteiger partial charge in [0.1, 0.15) is 65.3 Å². The number of phenolic OH excluding ortho intramolecular Hbond substituents is 1. The van der Waals surface area contributed by atoms with Crippen molar-refractivity contribution in [1.29, 1.82) is 0 Å². The molecule has 6 unspecified atom stereocenters. The average Bonchev–Trinajstić information content (AvgIpc) is 1.47. The number of piperidine rings is 1. The first-order valence-corrected chi connectivity index (χ1v) is 41.0. The Balaban J connectivity index is 0.808. The molecule has 5 aliphatic heterocycles. The smallest absolute Gasteiger partial charge is 0.322 e. The summed E-state index contributed by atoms with van der Waals surface area (Å²) in [6.45, 7) is 6.45. The fraction of sp³-hybridized carbons (Fsp3) is 0.602. The number of anilines is 1. The summed E-state index contributed by atoms with van der Waals surface area (Å²) in [5.41, 5.74) is 8.40. The van der Waals surface area contributed by atoms with Crippen molar-refractivity contribution in [3.8, 4) is 11.5 Å². The number of aromatic amines is 1. The molecule has 1 aliphatic carbocycles. The standard InChI is InChI=1S/C83H119N15O20/c1-8-11-19-56(90-71(109)60(43-99)94-73(111)62(45-101)95-72(110)61(44-100)93-69(107)58(26-27-65(85)104)91-70(108)59(37-48-22-24-50(103)25-23-48)92-68(106)57(88-47(4)102)21-14-15-31-84)67(105)86-32-17-33-87-77(113)83(116)75-81(30-36-98-34-16-29-80(10-3,74(81)98)76(83)112)53-38-54(64(117-6)39-63(53)96(75)5)82(78(114)118-7)41-49-40-79(115,9-2)46-97(42-49)35-28-52-51-18-12-13-20-55(51)89-66(52)82/h12-13,16,18,20,22-25,29,38-39,49,56-62,74-76,89,99-101,103,112,115-116H,8-11,14-15,17,19,21,26-28,30-37,40-46,84H2,1-7H3,(H2,85,104)(H,86,105)(H,87,113)(H,88,102)(H,90,109)(H,91,108)(H,92,106)(H,93,107)(H,94,111)(H,95,110)/t49?,56-,57-,58-,59-,60-,61-,62-,74?,75?,76+,79-,80+,81?,82?,83-/m0/s1. The lowest BCUT2D eigenvalue weighted by atomic mass is 9.47. The number of phenols is 1. The minimum atomic E-state index is -2.54. The molecule has 10 rings (SSSR count). The molecule has 6 heterocycles. The van der Waals surface area contributed by atoms with Gasteiger partial charge in [-0.05, 0) is 137 Å². The van der Waals surface area contributed by atoms with Crippen molar-refractivity contribution >= 4 is 81.6 Å². The third-order valence-corrected chi connectivity index (χ3v) is 25.0. The van der Waals surface area contributed by atoms with Crippen LogP contribution in [0.4, 0.5) is 5.69 Å². The van der Waals surface area contributed by atoms with E-state index in [9.17, 15) is 78.9 Å². The summed E-state index contributed by atoms with van der Waals surface area (Å²) in [4.78, 5) is 163. The van der Waals surface area contributed by atoms with Crippen LogP contribution in [0.1, 0.15) is 146 Å². The highest BCUT2D eigenvalue weighted by Crippen LogP contribution is 2.68. The number of ether oxygens (including phenoxy) is 2. The van der Waals surface area contributed by atoms with Crippen molar-refractivity contribution < 1.29 is 98.0 Å². The molecule has 3 aromatic carbocycles. The number of nitrogens with two attached hydrogens (primary N) is 2. The number of aromatic hydroxyl groups is 1. The Labute approximate surface area is 685 Å². The second-order valence-electron chi connectivity index (χ2n) is 32.5. The number of rotatable bonds is 39. The normalized spacial score (nSPS) is 25.9. The Morgan fingerprint density at radius 2 is 1.26 bits per heavy atom. The van der Waals surface area contributed by atoms with Gasteiger partial charge >= 0.3 is 5.97 Å². The first-order valence-electron chi connectivity index (χ1n) is 41.0. The minimum Gasteiger partial charge on any atom is -0.508 e. The van der Waals surface area contributed by atoms with Crippen LogP contribution in [0.3, 0.4) is 0 Å². The number of carbonyl (C=O) groups is 11. The molecule has 1 spiro atoms. The predicted molar refractivity (Wildman–Crippen MR) is 433 cm³/mol. The van der Waals surface area contributed by atoms with E-state index in [0.29, 0.717) is 125 Å².